The highest BCUT2D eigenvalue weighted by atomic mass is 35.5. The Morgan fingerprint density at radius 3 is 2.49 bits per heavy atom. The van der Waals surface area contributed by atoms with Crippen molar-refractivity contribution in [3.8, 4) is 11.5 Å². The minimum absolute atomic E-state index is 0.161. The highest BCUT2D eigenvalue weighted by Gasteiger charge is 2.54. The first-order chi connectivity index (χ1) is 16.7. The van der Waals surface area contributed by atoms with Crippen molar-refractivity contribution in [3.63, 3.8) is 0 Å². The fraction of sp³-hybridized carbons (Fsp3) is 0.417. The van der Waals surface area contributed by atoms with E-state index in [-0.39, 0.29) is 4.48 Å². The van der Waals surface area contributed by atoms with Gasteiger partial charge in [-0.3, -0.25) is 4.48 Å². The Labute approximate surface area is 206 Å². The number of aliphatic hydroxyl groups is 3. The number of quaternary nitrogens is 1. The van der Waals surface area contributed by atoms with E-state index in [1.165, 1.54) is 0 Å². The third kappa shape index (κ3) is 4.26. The molecule has 0 aromatic heterocycles. The maximum Gasteiger partial charge on any atom is 0.335 e. The maximum atomic E-state index is 11.6. The van der Waals surface area contributed by atoms with Crippen LogP contribution in [0.25, 0.3) is 0 Å². The van der Waals surface area contributed by atoms with Crippen molar-refractivity contribution in [1.82, 2.24) is 4.90 Å². The lowest BCUT2D eigenvalue weighted by Crippen LogP contribution is -2.72. The number of aliphatic hydroxyl groups excluding tert-OH is 3. The average Bonchev–Trinajstić information content (AvgIpc) is 2.99. The SMILES string of the molecule is C[N+]1(C2OC(C(=O)O)C(O)C(O)C2O)CCN(C2=Nc3ccccc3Oc3ccc(Cl)cc32)CC1. The van der Waals surface area contributed by atoms with Gasteiger partial charge in [0.15, 0.2) is 18.0 Å². The minimum atomic E-state index is -1.71. The Kier molecular flexibility index (Phi) is 6.20. The number of carboxylic acids is 1. The van der Waals surface area contributed by atoms with Gasteiger partial charge >= 0.3 is 5.97 Å². The molecule has 5 atom stereocenters. The number of fused-ring (bicyclic) bond motifs is 2. The molecule has 4 N–H and O–H groups in total. The second kappa shape index (κ2) is 9.05. The Hall–Kier alpha value is -2.73. The van der Waals surface area contributed by atoms with Gasteiger partial charge in [-0.2, -0.15) is 0 Å². The molecule has 0 aliphatic carbocycles. The second-order valence-corrected chi connectivity index (χ2v) is 9.75. The smallest absolute Gasteiger partial charge is 0.335 e. The largest absolute Gasteiger partial charge is 0.479 e. The topological polar surface area (TPSA) is 132 Å². The van der Waals surface area contributed by atoms with Gasteiger partial charge in [0, 0.05) is 5.02 Å². The van der Waals surface area contributed by atoms with Crippen molar-refractivity contribution in [2.24, 2.45) is 4.99 Å². The number of carbonyl (C=O) groups is 1. The molecule has 0 bridgehead atoms. The molecule has 35 heavy (non-hydrogen) atoms. The Morgan fingerprint density at radius 1 is 1.06 bits per heavy atom. The van der Waals surface area contributed by atoms with E-state index in [1.54, 1.807) is 6.07 Å². The van der Waals surface area contributed by atoms with Crippen molar-refractivity contribution in [3.05, 3.63) is 53.1 Å². The lowest BCUT2D eigenvalue weighted by atomic mass is 9.96. The van der Waals surface area contributed by atoms with Crippen molar-refractivity contribution in [1.29, 1.82) is 0 Å². The van der Waals surface area contributed by atoms with Gasteiger partial charge in [-0.1, -0.05) is 23.7 Å². The zero-order chi connectivity index (χ0) is 24.9. The van der Waals surface area contributed by atoms with Crippen LogP contribution in [0.1, 0.15) is 5.56 Å². The summed E-state index contributed by atoms with van der Waals surface area (Å²) in [7, 11) is 1.84. The molecule has 3 aliphatic rings. The third-order valence-corrected chi connectivity index (χ3v) is 7.24. The Balaban J connectivity index is 1.42. The highest BCUT2D eigenvalue weighted by molar-refractivity contribution is 6.31. The number of amidine groups is 1. The second-order valence-electron chi connectivity index (χ2n) is 9.32. The van der Waals surface area contributed by atoms with E-state index in [2.05, 4.69) is 4.90 Å². The molecule has 186 valence electrons. The summed E-state index contributed by atoms with van der Waals surface area (Å²) >= 11 is 6.30. The molecule has 2 saturated heterocycles. The number of likely N-dealkylation sites (N-methyl/N-ethyl adjacent to an activating group) is 1. The standard InChI is InChI=1S/C24H26ClN3O7/c1-28(23-20(31)18(29)19(30)21(35-23)24(32)33)10-8-27(9-11-28)22-14-12-13(25)6-7-16(14)34-17-5-3-2-4-15(17)26-22/h2-7,12,18-21,23,29-31H,8-11H2,1H3/p+1. The molecular formula is C24H27ClN3O7+. The van der Waals surface area contributed by atoms with Gasteiger partial charge in [-0.05, 0) is 30.3 Å². The van der Waals surface area contributed by atoms with E-state index < -0.39 is 36.6 Å². The van der Waals surface area contributed by atoms with Gasteiger partial charge in [0.2, 0.25) is 6.23 Å². The zero-order valence-corrected chi connectivity index (χ0v) is 19.7. The number of hydrogen-bond donors (Lipinski definition) is 4. The monoisotopic (exact) mass is 504 g/mol. The summed E-state index contributed by atoms with van der Waals surface area (Å²) in [5.74, 6) is 0.574. The van der Waals surface area contributed by atoms with Gasteiger partial charge in [0.1, 0.15) is 29.5 Å². The molecule has 3 aliphatic heterocycles. The minimum Gasteiger partial charge on any atom is -0.479 e. The van der Waals surface area contributed by atoms with Crippen LogP contribution in [0.3, 0.4) is 0 Å². The lowest BCUT2D eigenvalue weighted by molar-refractivity contribution is -0.964. The fourth-order valence-corrected chi connectivity index (χ4v) is 5.08. The molecule has 0 saturated carbocycles. The molecule has 5 rings (SSSR count). The fourth-order valence-electron chi connectivity index (χ4n) is 4.90. The summed E-state index contributed by atoms with van der Waals surface area (Å²) in [6.07, 6.45) is -7.42. The first-order valence-electron chi connectivity index (χ1n) is 11.3. The zero-order valence-electron chi connectivity index (χ0n) is 19.0. The van der Waals surface area contributed by atoms with Crippen LogP contribution in [-0.4, -0.2) is 105 Å². The quantitative estimate of drug-likeness (QED) is 0.448. The Morgan fingerprint density at radius 2 is 1.77 bits per heavy atom. The summed E-state index contributed by atoms with van der Waals surface area (Å²) in [5, 5.41) is 40.9. The van der Waals surface area contributed by atoms with Crippen LogP contribution in [0.2, 0.25) is 5.02 Å². The van der Waals surface area contributed by atoms with Crippen molar-refractivity contribution in [2.75, 3.05) is 33.2 Å². The number of para-hydroxylation sites is 2. The van der Waals surface area contributed by atoms with Crippen molar-refractivity contribution >= 4 is 29.1 Å². The molecule has 0 amide bonds. The van der Waals surface area contributed by atoms with Gasteiger partial charge in [0.25, 0.3) is 0 Å². The summed E-state index contributed by atoms with van der Waals surface area (Å²) < 4.78 is 11.9. The normalized spacial score (nSPS) is 29.8. The predicted molar refractivity (Wildman–Crippen MR) is 126 cm³/mol. The first-order valence-corrected chi connectivity index (χ1v) is 11.7. The summed E-state index contributed by atoms with van der Waals surface area (Å²) in [4.78, 5) is 18.5. The summed E-state index contributed by atoms with van der Waals surface area (Å²) in [6, 6.07) is 12.9. The van der Waals surface area contributed by atoms with Crippen molar-refractivity contribution in [2.45, 2.75) is 30.6 Å². The number of hydrogen-bond acceptors (Lipinski definition) is 8. The predicted octanol–water partition coefficient (Wildman–Crippen LogP) is 1.18. The molecule has 10 nitrogen and oxygen atoms in total. The first kappa shape index (κ1) is 24.0. The molecule has 0 radical (unpaired) electrons. The van der Waals surface area contributed by atoms with Crippen LogP contribution in [-0.2, 0) is 9.53 Å². The van der Waals surface area contributed by atoms with Crippen LogP contribution >= 0.6 is 11.6 Å². The van der Waals surface area contributed by atoms with E-state index in [0.717, 1.165) is 5.56 Å². The number of halogens is 1. The lowest BCUT2D eigenvalue weighted by Gasteiger charge is -2.51. The van der Waals surface area contributed by atoms with Crippen LogP contribution in [0, 0.1) is 0 Å². The van der Waals surface area contributed by atoms with E-state index in [1.807, 2.05) is 43.4 Å². The Bertz CT molecular complexity index is 1170. The number of carboxylic acid groups (broad SMARTS) is 1. The molecule has 2 aromatic rings. The molecule has 0 spiro atoms. The number of aliphatic imine (C=N–C) groups is 1. The molecule has 3 heterocycles. The van der Waals surface area contributed by atoms with Crippen LogP contribution in [0.4, 0.5) is 5.69 Å². The van der Waals surface area contributed by atoms with E-state index in [9.17, 15) is 25.2 Å². The van der Waals surface area contributed by atoms with Crippen molar-refractivity contribution < 1.29 is 39.2 Å². The van der Waals surface area contributed by atoms with Gasteiger partial charge in [-0.15, -0.1) is 0 Å². The highest BCUT2D eigenvalue weighted by Crippen LogP contribution is 2.39. The molecule has 2 aromatic carbocycles. The van der Waals surface area contributed by atoms with Crippen LogP contribution in [0.15, 0.2) is 47.5 Å². The summed E-state index contributed by atoms with van der Waals surface area (Å²) in [6.45, 7) is 1.95. The van der Waals surface area contributed by atoms with Crippen LogP contribution < -0.4 is 4.74 Å². The number of rotatable bonds is 2. The number of piperazine rings is 1. The molecule has 5 unspecified atom stereocenters. The molecular weight excluding hydrogens is 478 g/mol. The maximum absolute atomic E-state index is 11.6. The van der Waals surface area contributed by atoms with E-state index >= 15 is 0 Å². The van der Waals surface area contributed by atoms with Gasteiger partial charge < -0.3 is 34.8 Å². The number of aliphatic carboxylic acids is 1. The number of ether oxygens (including phenoxy) is 2. The number of benzene rings is 2. The van der Waals surface area contributed by atoms with E-state index in [0.29, 0.717) is 54.2 Å². The van der Waals surface area contributed by atoms with Gasteiger partial charge in [0.05, 0.1) is 38.8 Å². The molecule has 11 heteroatoms. The van der Waals surface area contributed by atoms with E-state index in [4.69, 9.17) is 26.1 Å². The summed E-state index contributed by atoms with van der Waals surface area (Å²) in [5.41, 5.74) is 1.44. The van der Waals surface area contributed by atoms with Crippen LogP contribution in [0.5, 0.6) is 11.5 Å². The number of nitrogens with zero attached hydrogens (tertiary/aromatic N) is 3. The average molecular weight is 505 g/mol. The molecule has 2 fully saturated rings. The third-order valence-electron chi connectivity index (χ3n) is 7.00. The van der Waals surface area contributed by atoms with Gasteiger partial charge in [-0.25, -0.2) is 9.79 Å².